The Morgan fingerprint density at radius 2 is 2.08 bits per heavy atom. The SMILES string of the molecule is O=Cc1cccc([N+](=O)[O-])c1O.[NaH]. The molecule has 0 amide bonds. The first kappa shape index (κ1) is 12.1. The Labute approximate surface area is 95.8 Å². The molecule has 1 N–H and O–H groups in total. The van der Waals surface area contributed by atoms with E-state index >= 15 is 0 Å². The monoisotopic (exact) mass is 191 g/mol. The summed E-state index contributed by atoms with van der Waals surface area (Å²) in [6.45, 7) is 0. The van der Waals surface area contributed by atoms with E-state index in [1.807, 2.05) is 0 Å². The van der Waals surface area contributed by atoms with Crippen molar-refractivity contribution in [2.45, 2.75) is 0 Å². The van der Waals surface area contributed by atoms with Crippen LogP contribution in [0.25, 0.3) is 0 Å². The standard InChI is InChI=1S/C7H5NO4.Na.H/c9-4-5-2-1-3-6(7(5)10)8(11)12;;/h1-4,10H;;. The molecule has 0 bridgehead atoms. The quantitative estimate of drug-likeness (QED) is 0.319. The predicted octanol–water partition coefficient (Wildman–Crippen LogP) is 0.464. The average molecular weight is 191 g/mol. The van der Waals surface area contributed by atoms with E-state index in [2.05, 4.69) is 0 Å². The minimum absolute atomic E-state index is 0. The molecule has 64 valence electrons. The molecule has 6 heteroatoms. The van der Waals surface area contributed by atoms with E-state index in [0.717, 1.165) is 6.07 Å². The topological polar surface area (TPSA) is 80.4 Å². The second kappa shape index (κ2) is 4.96. The van der Waals surface area contributed by atoms with Crippen molar-refractivity contribution in [1.29, 1.82) is 0 Å². The molecule has 0 saturated carbocycles. The molecular weight excluding hydrogens is 185 g/mol. The molecule has 0 aliphatic rings. The number of hydrogen-bond donors (Lipinski definition) is 1. The first-order chi connectivity index (χ1) is 5.66. The van der Waals surface area contributed by atoms with E-state index in [1.165, 1.54) is 12.1 Å². The Hall–Kier alpha value is -0.910. The van der Waals surface area contributed by atoms with Crippen molar-refractivity contribution >= 4 is 41.5 Å². The maximum absolute atomic E-state index is 10.2. The molecule has 0 fully saturated rings. The summed E-state index contributed by atoms with van der Waals surface area (Å²) in [5.74, 6) is -0.586. The van der Waals surface area contributed by atoms with Gasteiger partial charge in [-0.05, 0) is 6.07 Å². The normalized spacial score (nSPS) is 8.62. The molecule has 13 heavy (non-hydrogen) atoms. The number of carbonyl (C=O) groups is 1. The predicted molar refractivity (Wildman–Crippen MR) is 47.3 cm³/mol. The van der Waals surface area contributed by atoms with Gasteiger partial charge >= 0.3 is 35.2 Å². The average Bonchev–Trinajstić information content (AvgIpc) is 2.04. The van der Waals surface area contributed by atoms with Gasteiger partial charge in [-0.2, -0.15) is 0 Å². The summed E-state index contributed by atoms with van der Waals surface area (Å²) in [5.41, 5.74) is -0.538. The summed E-state index contributed by atoms with van der Waals surface area (Å²) >= 11 is 0. The number of carbonyl (C=O) groups excluding carboxylic acids is 1. The second-order valence-corrected chi connectivity index (χ2v) is 2.09. The third kappa shape index (κ3) is 2.51. The zero-order valence-electron chi connectivity index (χ0n) is 5.93. The van der Waals surface area contributed by atoms with Crippen LogP contribution < -0.4 is 0 Å². The second-order valence-electron chi connectivity index (χ2n) is 2.09. The van der Waals surface area contributed by atoms with Crippen LogP contribution in [0.1, 0.15) is 10.4 Å². The summed E-state index contributed by atoms with van der Waals surface area (Å²) in [6, 6.07) is 3.76. The number of nitrogens with zero attached hydrogens (tertiary/aromatic N) is 1. The maximum atomic E-state index is 10.2. The molecule has 0 aliphatic heterocycles. The summed E-state index contributed by atoms with van der Waals surface area (Å²) in [4.78, 5) is 19.7. The van der Waals surface area contributed by atoms with Crippen LogP contribution in [-0.2, 0) is 0 Å². The Balaban J connectivity index is 0.00000144. The molecule has 0 unspecified atom stereocenters. The molecule has 0 radical (unpaired) electrons. The Bertz CT molecular complexity index is 339. The van der Waals surface area contributed by atoms with E-state index in [-0.39, 0.29) is 35.1 Å². The molecule has 0 aliphatic carbocycles. The first-order valence-electron chi connectivity index (χ1n) is 3.08. The summed E-state index contributed by atoms with van der Waals surface area (Å²) < 4.78 is 0. The number of nitro benzene ring substituents is 1. The van der Waals surface area contributed by atoms with E-state index in [9.17, 15) is 14.9 Å². The van der Waals surface area contributed by atoms with Crippen LogP contribution in [-0.4, -0.2) is 45.9 Å². The zero-order chi connectivity index (χ0) is 9.14. The molecule has 0 heterocycles. The van der Waals surface area contributed by atoms with Crippen molar-refractivity contribution in [1.82, 2.24) is 0 Å². The van der Waals surface area contributed by atoms with Gasteiger partial charge in [0.05, 0.1) is 10.5 Å². The van der Waals surface area contributed by atoms with Crippen LogP contribution in [0.15, 0.2) is 18.2 Å². The first-order valence-corrected chi connectivity index (χ1v) is 3.08. The fourth-order valence-electron chi connectivity index (χ4n) is 0.791. The van der Waals surface area contributed by atoms with Gasteiger partial charge in [0, 0.05) is 6.07 Å². The Morgan fingerprint density at radius 1 is 1.46 bits per heavy atom. The van der Waals surface area contributed by atoms with Crippen LogP contribution in [0.2, 0.25) is 0 Å². The van der Waals surface area contributed by atoms with Gasteiger partial charge in [-0.25, -0.2) is 0 Å². The number of para-hydroxylation sites is 1. The van der Waals surface area contributed by atoms with Crippen molar-refractivity contribution in [3.63, 3.8) is 0 Å². The van der Waals surface area contributed by atoms with Gasteiger partial charge in [-0.3, -0.25) is 14.9 Å². The van der Waals surface area contributed by atoms with Crippen LogP contribution in [0, 0.1) is 10.1 Å². The number of rotatable bonds is 2. The van der Waals surface area contributed by atoms with Crippen LogP contribution in [0.5, 0.6) is 5.75 Å². The van der Waals surface area contributed by atoms with Gasteiger partial charge in [-0.1, -0.05) is 6.07 Å². The third-order valence-corrected chi connectivity index (χ3v) is 1.37. The van der Waals surface area contributed by atoms with Crippen molar-refractivity contribution < 1.29 is 14.8 Å². The van der Waals surface area contributed by atoms with Crippen molar-refractivity contribution in [2.75, 3.05) is 0 Å². The summed E-state index contributed by atoms with van der Waals surface area (Å²) in [5, 5.41) is 19.3. The summed E-state index contributed by atoms with van der Waals surface area (Å²) in [6.07, 6.45) is 0.363. The number of phenols is 1. The van der Waals surface area contributed by atoms with Crippen LogP contribution in [0.4, 0.5) is 5.69 Å². The molecule has 0 atom stereocenters. The summed E-state index contributed by atoms with van der Waals surface area (Å²) in [7, 11) is 0. The van der Waals surface area contributed by atoms with E-state index < -0.39 is 16.4 Å². The fraction of sp³-hybridized carbons (Fsp3) is 0. The van der Waals surface area contributed by atoms with Crippen LogP contribution in [0.3, 0.4) is 0 Å². The van der Waals surface area contributed by atoms with Gasteiger partial charge in [0.15, 0.2) is 6.29 Å². The number of aldehydes is 1. The van der Waals surface area contributed by atoms with Gasteiger partial charge in [-0.15, -0.1) is 0 Å². The van der Waals surface area contributed by atoms with Crippen molar-refractivity contribution in [3.05, 3.63) is 33.9 Å². The van der Waals surface area contributed by atoms with Gasteiger partial charge in [0.1, 0.15) is 0 Å². The molecular formula is C7H6NNaO4. The van der Waals surface area contributed by atoms with Gasteiger partial charge in [0.2, 0.25) is 5.75 Å². The number of phenolic OH excluding ortho intramolecular Hbond substituents is 1. The number of hydrogen-bond acceptors (Lipinski definition) is 4. The molecule has 0 spiro atoms. The van der Waals surface area contributed by atoms with Crippen molar-refractivity contribution in [2.24, 2.45) is 0 Å². The number of benzene rings is 1. The molecule has 5 nitrogen and oxygen atoms in total. The van der Waals surface area contributed by atoms with Crippen LogP contribution >= 0.6 is 0 Å². The molecule has 0 saturated heterocycles. The zero-order valence-corrected chi connectivity index (χ0v) is 5.93. The molecule has 1 rings (SSSR count). The van der Waals surface area contributed by atoms with Gasteiger partial charge in [0.25, 0.3) is 0 Å². The van der Waals surface area contributed by atoms with E-state index in [4.69, 9.17) is 5.11 Å². The van der Waals surface area contributed by atoms with Crippen molar-refractivity contribution in [3.8, 4) is 5.75 Å². The van der Waals surface area contributed by atoms with Gasteiger partial charge < -0.3 is 5.11 Å². The third-order valence-electron chi connectivity index (χ3n) is 1.37. The fourth-order valence-corrected chi connectivity index (χ4v) is 0.791. The van der Waals surface area contributed by atoms with E-state index in [0.29, 0.717) is 6.29 Å². The molecule has 1 aromatic rings. The minimum atomic E-state index is -0.748. The Morgan fingerprint density at radius 3 is 2.54 bits per heavy atom. The number of aromatic hydroxyl groups is 1. The van der Waals surface area contributed by atoms with E-state index in [1.54, 1.807) is 0 Å². The number of nitro groups is 1. The molecule has 0 aromatic heterocycles. The molecule has 1 aromatic carbocycles. The Kier molecular flexibility index (Phi) is 4.61.